The first-order valence-electron chi connectivity index (χ1n) is 6.02. The molecule has 0 amide bonds. The van der Waals surface area contributed by atoms with E-state index in [1.165, 1.54) is 4.88 Å². The van der Waals surface area contributed by atoms with Gasteiger partial charge in [-0.15, -0.1) is 11.3 Å². The fraction of sp³-hybridized carbons (Fsp3) is 0.0625. The maximum Gasteiger partial charge on any atom is 0.124 e. The summed E-state index contributed by atoms with van der Waals surface area (Å²) in [6.45, 7) is 0. The van der Waals surface area contributed by atoms with Crippen molar-refractivity contribution in [3.8, 4) is 16.2 Å². The minimum atomic E-state index is 0.297. The molecule has 0 atom stereocenters. The molecule has 3 aromatic rings. The number of phenolic OH excluding ortho intramolecular Hbond substituents is 1. The van der Waals surface area contributed by atoms with Crippen LogP contribution in [-0.4, -0.2) is 18.4 Å². The molecule has 0 aliphatic rings. The molecule has 19 heavy (non-hydrogen) atoms. The van der Waals surface area contributed by atoms with Crippen LogP contribution in [0.3, 0.4) is 0 Å². The summed E-state index contributed by atoms with van der Waals surface area (Å²) >= 11 is 1.69. The molecule has 1 N–H and O–H groups in total. The van der Waals surface area contributed by atoms with Gasteiger partial charge in [-0.25, -0.2) is 0 Å². The Morgan fingerprint density at radius 1 is 1.11 bits per heavy atom. The summed E-state index contributed by atoms with van der Waals surface area (Å²) < 4.78 is 0. The van der Waals surface area contributed by atoms with Crippen molar-refractivity contribution in [2.24, 2.45) is 4.99 Å². The van der Waals surface area contributed by atoms with Gasteiger partial charge in [0.15, 0.2) is 0 Å². The van der Waals surface area contributed by atoms with E-state index in [1.54, 1.807) is 30.7 Å². The molecule has 2 aromatic carbocycles. The van der Waals surface area contributed by atoms with Crippen molar-refractivity contribution in [1.82, 2.24) is 0 Å². The van der Waals surface area contributed by atoms with Gasteiger partial charge >= 0.3 is 0 Å². The second kappa shape index (κ2) is 4.86. The Morgan fingerprint density at radius 3 is 2.58 bits per heavy atom. The van der Waals surface area contributed by atoms with E-state index in [0.29, 0.717) is 5.75 Å². The number of aromatic hydroxyl groups is 1. The Kier molecular flexibility index (Phi) is 3.05. The zero-order chi connectivity index (χ0) is 13.2. The number of rotatable bonds is 2. The smallest absolute Gasteiger partial charge is 0.124 e. The van der Waals surface area contributed by atoms with Crippen LogP contribution in [0.4, 0.5) is 0 Å². The van der Waals surface area contributed by atoms with Gasteiger partial charge in [0.05, 0.1) is 0 Å². The summed E-state index contributed by atoms with van der Waals surface area (Å²) in [5.41, 5.74) is 2.08. The average Bonchev–Trinajstić information content (AvgIpc) is 2.93. The zero-order valence-corrected chi connectivity index (χ0v) is 11.3. The Balaban J connectivity index is 2.44. The van der Waals surface area contributed by atoms with Crippen LogP contribution in [0.2, 0.25) is 0 Å². The molecule has 0 unspecified atom stereocenters. The molecule has 94 valence electrons. The number of fused-ring (bicyclic) bond motifs is 1. The number of nitrogens with zero attached hydrogens (tertiary/aromatic N) is 1. The highest BCUT2D eigenvalue weighted by atomic mass is 32.1. The number of thiophene rings is 1. The Morgan fingerprint density at radius 2 is 1.89 bits per heavy atom. The lowest BCUT2D eigenvalue weighted by Gasteiger charge is -2.10. The monoisotopic (exact) mass is 267 g/mol. The third-order valence-corrected chi connectivity index (χ3v) is 3.98. The molecular formula is C16H13NOS. The first kappa shape index (κ1) is 11.9. The molecule has 0 spiro atoms. The maximum absolute atomic E-state index is 10.1. The highest BCUT2D eigenvalue weighted by Gasteiger charge is 2.12. The molecule has 1 heterocycles. The topological polar surface area (TPSA) is 32.6 Å². The number of aliphatic imine (C=N–C) groups is 1. The predicted molar refractivity (Wildman–Crippen MR) is 82.4 cm³/mol. The number of phenols is 1. The Labute approximate surface area is 115 Å². The van der Waals surface area contributed by atoms with Gasteiger partial charge in [-0.3, -0.25) is 4.99 Å². The van der Waals surface area contributed by atoms with Crippen LogP contribution in [0.15, 0.2) is 52.8 Å². The molecule has 0 aliphatic carbocycles. The lowest BCUT2D eigenvalue weighted by molar-refractivity contribution is 0.481. The van der Waals surface area contributed by atoms with Crippen molar-refractivity contribution in [2.75, 3.05) is 7.05 Å². The van der Waals surface area contributed by atoms with Crippen molar-refractivity contribution in [2.45, 2.75) is 0 Å². The molecule has 3 heteroatoms. The quantitative estimate of drug-likeness (QED) is 0.689. The molecule has 0 saturated carbocycles. The lowest BCUT2D eigenvalue weighted by atomic mass is 9.97. The molecule has 0 bridgehead atoms. The molecule has 0 fully saturated rings. The van der Waals surface area contributed by atoms with Gasteiger partial charge in [0.2, 0.25) is 0 Å². The second-order valence-electron chi connectivity index (χ2n) is 4.27. The minimum Gasteiger partial charge on any atom is -0.507 e. The van der Waals surface area contributed by atoms with Crippen LogP contribution in [0.5, 0.6) is 5.75 Å². The summed E-state index contributed by atoms with van der Waals surface area (Å²) in [5.74, 6) is 0.297. The predicted octanol–water partition coefficient (Wildman–Crippen LogP) is 4.32. The van der Waals surface area contributed by atoms with Crippen LogP contribution >= 0.6 is 11.3 Å². The minimum absolute atomic E-state index is 0.297. The van der Waals surface area contributed by atoms with Crippen molar-refractivity contribution < 1.29 is 5.11 Å². The van der Waals surface area contributed by atoms with E-state index < -0.39 is 0 Å². The fourth-order valence-electron chi connectivity index (χ4n) is 2.31. The number of hydrogen-bond donors (Lipinski definition) is 1. The van der Waals surface area contributed by atoms with Gasteiger partial charge < -0.3 is 5.11 Å². The van der Waals surface area contributed by atoms with Gasteiger partial charge in [0.25, 0.3) is 0 Å². The molecule has 0 saturated heterocycles. The first-order valence-corrected chi connectivity index (χ1v) is 6.90. The van der Waals surface area contributed by atoms with Crippen LogP contribution in [-0.2, 0) is 0 Å². The van der Waals surface area contributed by atoms with Crippen LogP contribution in [0, 0.1) is 0 Å². The Bertz CT molecular complexity index is 745. The van der Waals surface area contributed by atoms with Crippen LogP contribution in [0.1, 0.15) is 5.56 Å². The highest BCUT2D eigenvalue weighted by molar-refractivity contribution is 7.13. The van der Waals surface area contributed by atoms with E-state index in [-0.39, 0.29) is 0 Å². The number of benzene rings is 2. The van der Waals surface area contributed by atoms with Gasteiger partial charge in [0, 0.05) is 34.7 Å². The molecule has 2 nitrogen and oxygen atoms in total. The second-order valence-corrected chi connectivity index (χ2v) is 5.22. The third kappa shape index (κ3) is 2.02. The van der Waals surface area contributed by atoms with E-state index in [9.17, 15) is 5.11 Å². The molecular weight excluding hydrogens is 254 g/mol. The van der Waals surface area contributed by atoms with E-state index in [4.69, 9.17) is 0 Å². The third-order valence-electron chi connectivity index (χ3n) is 3.09. The van der Waals surface area contributed by atoms with Gasteiger partial charge in [-0.05, 0) is 22.9 Å². The summed E-state index contributed by atoms with van der Waals surface area (Å²) in [4.78, 5) is 5.28. The zero-order valence-electron chi connectivity index (χ0n) is 10.5. The standard InChI is InChI=1S/C16H13NOS/c1-17-10-11-9-14(18)12-5-2-3-6-13(12)16(11)15-7-4-8-19-15/h2-10,18H,1H3. The molecule has 3 rings (SSSR count). The largest absolute Gasteiger partial charge is 0.507 e. The van der Waals surface area contributed by atoms with Gasteiger partial charge in [-0.2, -0.15) is 0 Å². The lowest BCUT2D eigenvalue weighted by Crippen LogP contribution is -1.89. The van der Waals surface area contributed by atoms with E-state index in [2.05, 4.69) is 16.4 Å². The summed E-state index contributed by atoms with van der Waals surface area (Å²) in [6.07, 6.45) is 1.79. The highest BCUT2D eigenvalue weighted by Crippen LogP contribution is 2.38. The summed E-state index contributed by atoms with van der Waals surface area (Å²) in [6, 6.07) is 13.8. The maximum atomic E-state index is 10.1. The normalized spacial score (nSPS) is 11.4. The average molecular weight is 267 g/mol. The first-order chi connectivity index (χ1) is 9.31. The van der Waals surface area contributed by atoms with E-state index in [0.717, 1.165) is 21.9 Å². The summed E-state index contributed by atoms with van der Waals surface area (Å²) in [5, 5.41) is 14.1. The van der Waals surface area contributed by atoms with Gasteiger partial charge in [0.1, 0.15) is 5.75 Å². The summed E-state index contributed by atoms with van der Waals surface area (Å²) in [7, 11) is 1.74. The molecule has 0 aliphatic heterocycles. The number of hydrogen-bond acceptors (Lipinski definition) is 3. The Hall–Kier alpha value is -2.13. The fourth-order valence-corrected chi connectivity index (χ4v) is 3.12. The SMILES string of the molecule is CN=Cc1cc(O)c2ccccc2c1-c1cccs1. The van der Waals surface area contributed by atoms with E-state index >= 15 is 0 Å². The van der Waals surface area contributed by atoms with Crippen molar-refractivity contribution >= 4 is 28.3 Å². The molecule has 0 radical (unpaired) electrons. The van der Waals surface area contributed by atoms with Crippen LogP contribution in [0.25, 0.3) is 21.2 Å². The van der Waals surface area contributed by atoms with Crippen molar-refractivity contribution in [3.05, 3.63) is 53.4 Å². The van der Waals surface area contributed by atoms with Gasteiger partial charge in [-0.1, -0.05) is 30.3 Å². The molecule has 1 aromatic heterocycles. The van der Waals surface area contributed by atoms with E-state index in [1.807, 2.05) is 30.3 Å². The van der Waals surface area contributed by atoms with Crippen molar-refractivity contribution in [3.63, 3.8) is 0 Å². The van der Waals surface area contributed by atoms with Crippen molar-refractivity contribution in [1.29, 1.82) is 0 Å². The van der Waals surface area contributed by atoms with Crippen LogP contribution < -0.4 is 0 Å².